The van der Waals surface area contributed by atoms with Crippen LogP contribution < -0.4 is 0 Å². The van der Waals surface area contributed by atoms with Gasteiger partial charge in [0.05, 0.1) is 26.4 Å². The Morgan fingerprint density at radius 1 is 0.269 bits per heavy atom. The van der Waals surface area contributed by atoms with Gasteiger partial charge >= 0.3 is 39.5 Å². The monoisotopic (exact) mass is 1550 g/mol. The SMILES string of the molecule is CC/C=C\C/C=C\C/C=C\C/C=C\C/C=C\C/C=C\CCC(=O)OCC(COP(=O)(O)OCC(O)COP(=O)(O)OCC(COC(=O)CCCCCCCC/C=C\C/C=C\C/C=C\C/C=C\CC)OC(=O)CCCCCCC/C=C\CCCCCCCC)OC(=O)CCCC/C=C\C/C=C\C/C=C\C/C=C\CC. The maximum atomic E-state index is 13.1. The van der Waals surface area contributed by atoms with Crippen LogP contribution in [0.1, 0.15) is 297 Å². The minimum atomic E-state index is -5.02. The highest BCUT2D eigenvalue weighted by atomic mass is 31.2. The Morgan fingerprint density at radius 3 is 0.824 bits per heavy atom. The highest BCUT2D eigenvalue weighted by Crippen LogP contribution is 2.45. The largest absolute Gasteiger partial charge is 0.472 e. The average molecular weight is 1550 g/mol. The molecule has 0 aromatic rings. The molecule has 0 radical (unpaired) electrons. The van der Waals surface area contributed by atoms with E-state index in [-0.39, 0.29) is 25.7 Å². The molecule has 5 unspecified atom stereocenters. The summed E-state index contributed by atoms with van der Waals surface area (Å²) in [5.41, 5.74) is 0. The first kappa shape index (κ1) is 102. The van der Waals surface area contributed by atoms with Crippen LogP contribution in [0.25, 0.3) is 0 Å². The molecule has 0 aromatic heterocycles. The molecule has 0 fully saturated rings. The fourth-order valence-electron chi connectivity index (χ4n) is 10.2. The molecule has 0 aromatic carbocycles. The Balaban J connectivity index is 5.49. The lowest BCUT2D eigenvalue weighted by Crippen LogP contribution is -2.30. The predicted octanol–water partition coefficient (Wildman–Crippen LogP) is 24.3. The number of carbonyl (C=O) groups is 4. The maximum absolute atomic E-state index is 13.1. The fourth-order valence-corrected chi connectivity index (χ4v) is 11.8. The van der Waals surface area contributed by atoms with Gasteiger partial charge in [0.25, 0.3) is 0 Å². The number of esters is 4. The second-order valence-corrected chi connectivity index (χ2v) is 29.5. The molecular formula is C89H144O17P2. The van der Waals surface area contributed by atoms with Gasteiger partial charge in [0.15, 0.2) is 12.2 Å². The molecule has 0 amide bonds. The second-order valence-electron chi connectivity index (χ2n) is 26.6. The molecule has 0 spiro atoms. The number of rotatable bonds is 75. The summed E-state index contributed by atoms with van der Waals surface area (Å²) >= 11 is 0. The normalized spacial score (nSPS) is 14.8. The van der Waals surface area contributed by atoms with Crippen molar-refractivity contribution in [2.45, 2.75) is 316 Å². The lowest BCUT2D eigenvalue weighted by Gasteiger charge is -2.21. The number of aliphatic hydroxyl groups is 1. The summed E-state index contributed by atoms with van der Waals surface area (Å²) < 4.78 is 68.6. The first-order chi connectivity index (χ1) is 52.7. The van der Waals surface area contributed by atoms with Gasteiger partial charge in [-0.05, 0) is 167 Å². The molecule has 0 aliphatic carbocycles. The van der Waals surface area contributed by atoms with Gasteiger partial charge < -0.3 is 33.8 Å². The average Bonchev–Trinajstić information content (AvgIpc) is 0.923. The van der Waals surface area contributed by atoms with E-state index in [1.165, 1.54) is 38.5 Å². The quantitative estimate of drug-likeness (QED) is 0.0169. The first-order valence-electron chi connectivity index (χ1n) is 41.0. The molecule has 0 aliphatic rings. The number of allylic oxidation sites excluding steroid dienone is 30. The Morgan fingerprint density at radius 2 is 0.500 bits per heavy atom. The lowest BCUT2D eigenvalue weighted by atomic mass is 10.1. The van der Waals surface area contributed by atoms with Gasteiger partial charge in [-0.3, -0.25) is 37.3 Å². The van der Waals surface area contributed by atoms with Crippen LogP contribution in [0.3, 0.4) is 0 Å². The van der Waals surface area contributed by atoms with Gasteiger partial charge in [-0.1, -0.05) is 287 Å². The minimum Gasteiger partial charge on any atom is -0.462 e. The van der Waals surface area contributed by atoms with Crippen LogP contribution in [0.4, 0.5) is 0 Å². The highest BCUT2D eigenvalue weighted by Gasteiger charge is 2.30. The van der Waals surface area contributed by atoms with Crippen LogP contribution in [-0.2, 0) is 65.4 Å². The molecule has 0 heterocycles. The van der Waals surface area contributed by atoms with Gasteiger partial charge in [-0.25, -0.2) is 9.13 Å². The van der Waals surface area contributed by atoms with E-state index in [1.807, 2.05) is 18.2 Å². The van der Waals surface area contributed by atoms with E-state index in [4.69, 9.17) is 37.0 Å². The second kappa shape index (κ2) is 79.3. The van der Waals surface area contributed by atoms with Crippen LogP contribution in [0, 0.1) is 0 Å². The lowest BCUT2D eigenvalue weighted by molar-refractivity contribution is -0.161. The van der Waals surface area contributed by atoms with Crippen molar-refractivity contribution in [2.24, 2.45) is 0 Å². The molecule has 3 N–H and O–H groups in total. The summed E-state index contributed by atoms with van der Waals surface area (Å²) in [6, 6.07) is 0. The number of phosphoric ester groups is 2. The van der Waals surface area contributed by atoms with E-state index >= 15 is 0 Å². The van der Waals surface area contributed by atoms with Crippen molar-refractivity contribution in [2.75, 3.05) is 39.6 Å². The number of carbonyl (C=O) groups excluding carboxylic acids is 4. The molecule has 0 bridgehead atoms. The molecule has 0 saturated heterocycles. The van der Waals surface area contributed by atoms with E-state index in [1.54, 1.807) is 0 Å². The van der Waals surface area contributed by atoms with Crippen molar-refractivity contribution in [1.29, 1.82) is 0 Å². The summed E-state index contributed by atoms with van der Waals surface area (Å²) in [4.78, 5) is 73.1. The van der Waals surface area contributed by atoms with Crippen molar-refractivity contribution in [3.63, 3.8) is 0 Å². The smallest absolute Gasteiger partial charge is 0.462 e. The molecule has 108 heavy (non-hydrogen) atoms. The van der Waals surface area contributed by atoms with E-state index in [2.05, 4.69) is 192 Å². The van der Waals surface area contributed by atoms with Crippen molar-refractivity contribution in [3.05, 3.63) is 182 Å². The Bertz CT molecular complexity index is 2760. The Kier molecular flexibility index (Phi) is 75.0. The Hall–Kier alpha value is -5.84. The molecule has 612 valence electrons. The van der Waals surface area contributed by atoms with Gasteiger partial charge in [-0.2, -0.15) is 0 Å². The van der Waals surface area contributed by atoms with Gasteiger partial charge in [-0.15, -0.1) is 0 Å². The van der Waals surface area contributed by atoms with Gasteiger partial charge in [0, 0.05) is 25.7 Å². The third-order valence-corrected chi connectivity index (χ3v) is 18.3. The van der Waals surface area contributed by atoms with Crippen LogP contribution >= 0.6 is 15.6 Å². The molecule has 19 heteroatoms. The van der Waals surface area contributed by atoms with E-state index < -0.39 is 97.5 Å². The van der Waals surface area contributed by atoms with Crippen molar-refractivity contribution in [1.82, 2.24) is 0 Å². The van der Waals surface area contributed by atoms with Crippen LogP contribution in [0.15, 0.2) is 182 Å². The third-order valence-electron chi connectivity index (χ3n) is 16.4. The van der Waals surface area contributed by atoms with Crippen LogP contribution in [0.5, 0.6) is 0 Å². The van der Waals surface area contributed by atoms with Crippen LogP contribution in [0.2, 0.25) is 0 Å². The number of hydrogen-bond acceptors (Lipinski definition) is 15. The third kappa shape index (κ3) is 78.3. The van der Waals surface area contributed by atoms with E-state index in [0.29, 0.717) is 38.5 Å². The van der Waals surface area contributed by atoms with Gasteiger partial charge in [0.1, 0.15) is 19.3 Å². The topological polar surface area (TPSA) is 237 Å². The van der Waals surface area contributed by atoms with E-state index in [0.717, 1.165) is 167 Å². The molecule has 0 saturated carbocycles. The highest BCUT2D eigenvalue weighted by molar-refractivity contribution is 7.47. The number of hydrogen-bond donors (Lipinski definition) is 3. The summed E-state index contributed by atoms with van der Waals surface area (Å²) in [6.45, 7) is 4.36. The summed E-state index contributed by atoms with van der Waals surface area (Å²) in [6.07, 6.45) is 96.0. The Labute approximate surface area is 654 Å². The van der Waals surface area contributed by atoms with E-state index in [9.17, 15) is 43.2 Å². The van der Waals surface area contributed by atoms with Crippen molar-refractivity contribution < 1.29 is 80.2 Å². The molecule has 0 aliphatic heterocycles. The summed E-state index contributed by atoms with van der Waals surface area (Å²) in [5, 5.41) is 10.7. The zero-order valence-corrected chi connectivity index (χ0v) is 68.7. The van der Waals surface area contributed by atoms with Crippen molar-refractivity contribution >= 4 is 39.5 Å². The molecule has 0 rings (SSSR count). The molecule has 17 nitrogen and oxygen atoms in total. The fraction of sp³-hybridized carbons (Fsp3) is 0.618. The summed E-state index contributed by atoms with van der Waals surface area (Å²) in [5.74, 6) is -2.36. The maximum Gasteiger partial charge on any atom is 0.472 e. The number of unbranched alkanes of at least 4 members (excludes halogenated alkanes) is 19. The predicted molar refractivity (Wildman–Crippen MR) is 445 cm³/mol. The molecular weight excluding hydrogens is 1400 g/mol. The zero-order valence-electron chi connectivity index (χ0n) is 66.9. The first-order valence-corrected chi connectivity index (χ1v) is 44.0. The van der Waals surface area contributed by atoms with Crippen molar-refractivity contribution in [3.8, 4) is 0 Å². The van der Waals surface area contributed by atoms with Crippen LogP contribution in [-0.4, -0.2) is 96.7 Å². The standard InChI is InChI=1S/C89H144O17P2/c1-5-9-13-17-21-25-29-33-37-39-41-43-47-49-53-57-61-65-69-73-86(91)99-79-84(105-88(93)75-71-67-63-59-55-51-45-35-31-27-23-19-15-11-7-3)81-103-107(95,96)101-77-83(90)78-102-108(97,98)104-82-85(106-89(94)76-72-68-64-60-56-52-46-36-32-28-24-20-16-12-8-4)80-100-87(92)74-70-66-62-58-54-50-48-44-42-40-38-34-30-26-22-18-14-10-6-2/h9-11,13-15,21-23,25-27,33-38,41-46,49,53,55,59,61,65,83-85,90H,5-8,12,16-20,24,28-32,39-40,47-48,50-52,54,56-58,60,62-64,66-82H2,1-4H3,(H,95,96)(H,97,98)/b13-9-,14-10-,15-11-,25-21-,26-22-,27-23-,37-33-,38-34-,43-41-,44-42-,45-35-,46-36-,53-49-,59-55-,65-61-. The summed E-state index contributed by atoms with van der Waals surface area (Å²) in [7, 11) is -10.0. The van der Waals surface area contributed by atoms with Gasteiger partial charge in [0.2, 0.25) is 0 Å². The number of aliphatic hydroxyl groups excluding tert-OH is 1. The minimum absolute atomic E-state index is 0.0197. The number of ether oxygens (including phenoxy) is 4. The number of phosphoric acid groups is 2. The zero-order chi connectivity index (χ0) is 78.9. The molecule has 5 atom stereocenters.